The summed E-state index contributed by atoms with van der Waals surface area (Å²) in [7, 11) is 0. The van der Waals surface area contributed by atoms with Crippen LogP contribution in [-0.2, 0) is 0 Å². The summed E-state index contributed by atoms with van der Waals surface area (Å²) in [4.78, 5) is 4.36. The smallest absolute Gasteiger partial charge is 0.132 e. The van der Waals surface area contributed by atoms with Crippen molar-refractivity contribution in [2.75, 3.05) is 11.5 Å². The van der Waals surface area contributed by atoms with Gasteiger partial charge in [0.25, 0.3) is 0 Å². The minimum atomic E-state index is 0.537. The van der Waals surface area contributed by atoms with Crippen LogP contribution in [-0.4, -0.2) is 4.98 Å². The maximum absolute atomic E-state index is 6.14. The number of nitrogens with zero attached hydrogens (tertiary/aromatic N) is 1. The Balaban J connectivity index is 1.99. The Kier molecular flexibility index (Phi) is 2.87. The van der Waals surface area contributed by atoms with Gasteiger partial charge in [-0.15, -0.1) is 11.3 Å². The zero-order chi connectivity index (χ0) is 15.1. The highest BCUT2D eigenvalue weighted by Crippen LogP contribution is 2.41. The summed E-state index contributed by atoms with van der Waals surface area (Å²) >= 11 is 1.66. The molecule has 0 saturated carbocycles. The zero-order valence-electron chi connectivity index (χ0n) is 11.6. The fourth-order valence-corrected chi connectivity index (χ4v) is 3.69. The monoisotopic (exact) mass is 307 g/mol. The van der Waals surface area contributed by atoms with E-state index < -0.39 is 0 Å². The molecule has 3 heterocycles. The van der Waals surface area contributed by atoms with Gasteiger partial charge >= 0.3 is 0 Å². The molecule has 4 aromatic rings. The molecule has 4 rings (SSSR count). The molecule has 0 unspecified atom stereocenters. The van der Waals surface area contributed by atoms with Gasteiger partial charge in [-0.1, -0.05) is 12.1 Å². The van der Waals surface area contributed by atoms with Gasteiger partial charge in [-0.3, -0.25) is 0 Å². The van der Waals surface area contributed by atoms with Gasteiger partial charge in [0.05, 0.1) is 12.5 Å². The molecule has 0 bridgehead atoms. The van der Waals surface area contributed by atoms with Crippen molar-refractivity contribution in [2.45, 2.75) is 0 Å². The van der Waals surface area contributed by atoms with E-state index in [-0.39, 0.29) is 0 Å². The van der Waals surface area contributed by atoms with Gasteiger partial charge in [0.15, 0.2) is 0 Å². The van der Waals surface area contributed by atoms with Crippen LogP contribution in [0.1, 0.15) is 0 Å². The van der Waals surface area contributed by atoms with Gasteiger partial charge in [-0.2, -0.15) is 0 Å². The van der Waals surface area contributed by atoms with E-state index in [0.29, 0.717) is 5.82 Å². The highest BCUT2D eigenvalue weighted by Gasteiger charge is 2.15. The third-order valence-corrected chi connectivity index (χ3v) is 4.69. The Morgan fingerprint density at radius 2 is 1.77 bits per heavy atom. The lowest BCUT2D eigenvalue weighted by molar-refractivity contribution is 0.568. The highest BCUT2D eigenvalue weighted by atomic mass is 32.1. The van der Waals surface area contributed by atoms with Crippen LogP contribution in [0.15, 0.2) is 58.9 Å². The van der Waals surface area contributed by atoms with Crippen molar-refractivity contribution in [3.05, 3.63) is 54.4 Å². The Hall–Kier alpha value is -2.79. The van der Waals surface area contributed by atoms with Gasteiger partial charge in [0.2, 0.25) is 0 Å². The Bertz CT molecular complexity index is 940. The molecule has 22 heavy (non-hydrogen) atoms. The number of nitrogen functional groups attached to an aromatic ring is 2. The van der Waals surface area contributed by atoms with E-state index in [9.17, 15) is 0 Å². The minimum absolute atomic E-state index is 0.537. The first-order chi connectivity index (χ1) is 10.7. The number of benzene rings is 1. The average Bonchev–Trinajstić information content (AvgIpc) is 3.18. The van der Waals surface area contributed by atoms with E-state index in [1.807, 2.05) is 30.3 Å². The van der Waals surface area contributed by atoms with Crippen LogP contribution in [0.25, 0.3) is 32.3 Å². The van der Waals surface area contributed by atoms with Crippen LogP contribution in [0.5, 0.6) is 0 Å². The zero-order valence-corrected chi connectivity index (χ0v) is 12.4. The van der Waals surface area contributed by atoms with Crippen LogP contribution < -0.4 is 11.5 Å². The van der Waals surface area contributed by atoms with Gasteiger partial charge in [0, 0.05) is 38.7 Å². The molecule has 0 aliphatic carbocycles. The molecule has 5 heteroatoms. The predicted molar refractivity (Wildman–Crippen MR) is 91.6 cm³/mol. The number of hydrogen-bond acceptors (Lipinski definition) is 5. The maximum Gasteiger partial charge on any atom is 0.132 e. The molecule has 1 aromatic carbocycles. The van der Waals surface area contributed by atoms with E-state index in [4.69, 9.17) is 15.9 Å². The van der Waals surface area contributed by atoms with Crippen LogP contribution >= 0.6 is 11.3 Å². The Morgan fingerprint density at radius 3 is 2.50 bits per heavy atom. The van der Waals surface area contributed by atoms with E-state index >= 15 is 0 Å². The van der Waals surface area contributed by atoms with Crippen LogP contribution in [0, 0.1) is 0 Å². The molecule has 3 aromatic heterocycles. The fraction of sp³-hybridized carbons (Fsp3) is 0. The molecule has 108 valence electrons. The summed E-state index contributed by atoms with van der Waals surface area (Å²) in [5.74, 6) is 0.537. The average molecular weight is 307 g/mol. The van der Waals surface area contributed by atoms with Crippen molar-refractivity contribution in [3.63, 3.8) is 0 Å². The Labute approximate surface area is 131 Å². The van der Waals surface area contributed by atoms with Crippen molar-refractivity contribution in [3.8, 4) is 22.3 Å². The summed E-state index contributed by atoms with van der Waals surface area (Å²) in [6.07, 6.45) is 5.17. The van der Waals surface area contributed by atoms with Crippen molar-refractivity contribution < 1.29 is 4.42 Å². The molecular formula is C17H13N3OS. The number of anilines is 2. The molecule has 0 fully saturated rings. The summed E-state index contributed by atoms with van der Waals surface area (Å²) in [6.45, 7) is 0. The van der Waals surface area contributed by atoms with Crippen LogP contribution in [0.4, 0.5) is 11.5 Å². The summed E-state index contributed by atoms with van der Waals surface area (Å²) in [5.41, 5.74) is 16.8. The number of pyridine rings is 1. The number of nitrogens with two attached hydrogens (primary N) is 2. The van der Waals surface area contributed by atoms with Crippen LogP contribution in [0.2, 0.25) is 0 Å². The second-order valence-corrected chi connectivity index (χ2v) is 5.92. The largest absolute Gasteiger partial charge is 0.472 e. The van der Waals surface area contributed by atoms with Gasteiger partial charge in [-0.05, 0) is 29.1 Å². The molecule has 4 N–H and O–H groups in total. The minimum Gasteiger partial charge on any atom is -0.472 e. The quantitative estimate of drug-likeness (QED) is 0.538. The molecule has 0 spiro atoms. The second-order valence-electron chi connectivity index (χ2n) is 5.04. The van der Waals surface area contributed by atoms with Crippen molar-refractivity contribution in [2.24, 2.45) is 0 Å². The maximum atomic E-state index is 6.14. The predicted octanol–water partition coefficient (Wildman–Crippen LogP) is 4.39. The first-order valence-corrected chi connectivity index (χ1v) is 7.66. The molecule has 0 aliphatic heterocycles. The number of aromatic nitrogens is 1. The normalized spacial score (nSPS) is 11.1. The SMILES string of the molecule is Nc1ccc(-c2csc3c(-c4ccoc4)cnc(N)c23)cc1. The highest BCUT2D eigenvalue weighted by molar-refractivity contribution is 7.18. The van der Waals surface area contributed by atoms with E-state index in [1.54, 1.807) is 30.1 Å². The van der Waals surface area contributed by atoms with Crippen molar-refractivity contribution >= 4 is 32.9 Å². The number of thiophene rings is 1. The summed E-state index contributed by atoms with van der Waals surface area (Å²) in [6, 6.07) is 9.71. The number of hydrogen-bond donors (Lipinski definition) is 2. The lowest BCUT2D eigenvalue weighted by Gasteiger charge is -2.05. The molecule has 0 radical (unpaired) electrons. The third-order valence-electron chi connectivity index (χ3n) is 3.68. The van der Waals surface area contributed by atoms with Crippen molar-refractivity contribution in [1.82, 2.24) is 4.98 Å². The lowest BCUT2D eigenvalue weighted by atomic mass is 10.0. The fourth-order valence-electron chi connectivity index (χ4n) is 2.57. The molecule has 0 amide bonds. The molecular weight excluding hydrogens is 294 g/mol. The first-order valence-electron chi connectivity index (χ1n) is 6.78. The van der Waals surface area contributed by atoms with E-state index in [1.165, 1.54) is 0 Å². The Morgan fingerprint density at radius 1 is 0.955 bits per heavy atom. The summed E-state index contributed by atoms with van der Waals surface area (Å²) < 4.78 is 6.30. The molecule has 0 atom stereocenters. The second kappa shape index (κ2) is 4.89. The molecule has 0 aliphatic rings. The van der Waals surface area contributed by atoms with Gasteiger partial charge < -0.3 is 15.9 Å². The van der Waals surface area contributed by atoms with Gasteiger partial charge in [-0.25, -0.2) is 4.98 Å². The molecule has 0 saturated heterocycles. The number of fused-ring (bicyclic) bond motifs is 1. The lowest BCUT2D eigenvalue weighted by Crippen LogP contribution is -1.92. The van der Waals surface area contributed by atoms with Crippen LogP contribution in [0.3, 0.4) is 0 Å². The molecule has 4 nitrogen and oxygen atoms in total. The first kappa shape index (κ1) is 12.9. The van der Waals surface area contributed by atoms with Crippen molar-refractivity contribution in [1.29, 1.82) is 0 Å². The number of rotatable bonds is 2. The topological polar surface area (TPSA) is 78.1 Å². The summed E-state index contributed by atoms with van der Waals surface area (Å²) in [5, 5.41) is 3.09. The standard InChI is InChI=1S/C17H13N3OS/c18-12-3-1-10(2-4-12)14-9-22-16-13(11-5-6-21-8-11)7-20-17(19)15(14)16/h1-9H,18H2,(H2,19,20). The third kappa shape index (κ3) is 1.95. The van der Waals surface area contributed by atoms with E-state index in [2.05, 4.69) is 10.4 Å². The van der Waals surface area contributed by atoms with Gasteiger partial charge in [0.1, 0.15) is 5.82 Å². The number of furan rings is 1. The van der Waals surface area contributed by atoms with E-state index in [0.717, 1.165) is 38.0 Å².